The fourth-order valence-corrected chi connectivity index (χ4v) is 1.86. The van der Waals surface area contributed by atoms with E-state index < -0.39 is 0 Å². The molecule has 0 aliphatic carbocycles. The Morgan fingerprint density at radius 1 is 1.40 bits per heavy atom. The molecule has 1 rings (SSSR count). The zero-order valence-corrected chi connectivity index (χ0v) is 10.4. The van der Waals surface area contributed by atoms with E-state index in [1.807, 2.05) is 18.7 Å². The van der Waals surface area contributed by atoms with Gasteiger partial charge in [0, 0.05) is 13.1 Å². The maximum absolute atomic E-state index is 11.6. The van der Waals surface area contributed by atoms with E-state index in [9.17, 15) is 4.79 Å². The second kappa shape index (κ2) is 4.86. The summed E-state index contributed by atoms with van der Waals surface area (Å²) in [6, 6.07) is 0. The van der Waals surface area contributed by atoms with Crippen molar-refractivity contribution >= 4 is 6.09 Å². The summed E-state index contributed by atoms with van der Waals surface area (Å²) in [5.41, 5.74) is 0.425. The number of nitrogens with zero attached hydrogens (tertiary/aromatic N) is 1. The van der Waals surface area contributed by atoms with E-state index in [4.69, 9.17) is 4.74 Å². The monoisotopic (exact) mass is 213 g/mol. The summed E-state index contributed by atoms with van der Waals surface area (Å²) in [5, 5.41) is 0. The van der Waals surface area contributed by atoms with Crippen LogP contribution >= 0.6 is 0 Å². The van der Waals surface area contributed by atoms with Crippen LogP contribution in [0.3, 0.4) is 0 Å². The predicted octanol–water partition coefficient (Wildman–Crippen LogP) is 3.04. The standard InChI is InChI=1S/C12H23NO2/c1-5-12(4)6-8-13(9-7-12)11(14)15-10(2)3/h10H,5-9H2,1-4H3. The molecule has 1 heterocycles. The first-order valence-electron chi connectivity index (χ1n) is 5.92. The smallest absolute Gasteiger partial charge is 0.410 e. The van der Waals surface area contributed by atoms with Gasteiger partial charge in [0.05, 0.1) is 6.10 Å². The predicted molar refractivity (Wildman–Crippen MR) is 60.8 cm³/mol. The summed E-state index contributed by atoms with van der Waals surface area (Å²) >= 11 is 0. The Kier molecular flexibility index (Phi) is 4.00. The molecule has 1 amide bonds. The van der Waals surface area contributed by atoms with Crippen molar-refractivity contribution in [1.29, 1.82) is 0 Å². The number of carbonyl (C=O) groups excluding carboxylic acids is 1. The van der Waals surface area contributed by atoms with Crippen LogP contribution in [0.4, 0.5) is 4.79 Å². The van der Waals surface area contributed by atoms with Crippen molar-refractivity contribution in [1.82, 2.24) is 4.90 Å². The molecule has 3 heteroatoms. The van der Waals surface area contributed by atoms with Crippen LogP contribution in [-0.4, -0.2) is 30.2 Å². The fourth-order valence-electron chi connectivity index (χ4n) is 1.86. The number of likely N-dealkylation sites (tertiary alicyclic amines) is 1. The van der Waals surface area contributed by atoms with Gasteiger partial charge in [-0.25, -0.2) is 4.79 Å². The Labute approximate surface area is 92.8 Å². The van der Waals surface area contributed by atoms with E-state index >= 15 is 0 Å². The maximum atomic E-state index is 11.6. The van der Waals surface area contributed by atoms with Gasteiger partial charge in [-0.2, -0.15) is 0 Å². The molecule has 0 radical (unpaired) electrons. The summed E-state index contributed by atoms with van der Waals surface area (Å²) in [5.74, 6) is 0. The molecule has 0 aromatic carbocycles. The van der Waals surface area contributed by atoms with Crippen molar-refractivity contribution in [3.05, 3.63) is 0 Å². The van der Waals surface area contributed by atoms with Crippen molar-refractivity contribution in [2.45, 2.75) is 53.1 Å². The molecule has 88 valence electrons. The summed E-state index contributed by atoms with van der Waals surface area (Å²) in [7, 11) is 0. The average molecular weight is 213 g/mol. The quantitative estimate of drug-likeness (QED) is 0.705. The van der Waals surface area contributed by atoms with Gasteiger partial charge < -0.3 is 9.64 Å². The Hall–Kier alpha value is -0.730. The molecule has 0 aromatic rings. The molecule has 0 bridgehead atoms. The molecule has 0 unspecified atom stereocenters. The highest BCUT2D eigenvalue weighted by Gasteiger charge is 2.30. The van der Waals surface area contributed by atoms with Crippen LogP contribution in [0.5, 0.6) is 0 Å². The molecule has 1 fully saturated rings. The van der Waals surface area contributed by atoms with Gasteiger partial charge in [-0.1, -0.05) is 20.3 Å². The molecule has 1 aliphatic heterocycles. The molecule has 1 saturated heterocycles. The van der Waals surface area contributed by atoms with Gasteiger partial charge in [-0.05, 0) is 32.1 Å². The van der Waals surface area contributed by atoms with E-state index in [0.29, 0.717) is 5.41 Å². The van der Waals surface area contributed by atoms with Gasteiger partial charge in [-0.15, -0.1) is 0 Å². The van der Waals surface area contributed by atoms with E-state index in [2.05, 4.69) is 13.8 Å². The summed E-state index contributed by atoms with van der Waals surface area (Å²) in [6.45, 7) is 9.99. The van der Waals surface area contributed by atoms with Crippen LogP contribution in [0.2, 0.25) is 0 Å². The molecule has 0 atom stereocenters. The van der Waals surface area contributed by atoms with Crippen molar-refractivity contribution < 1.29 is 9.53 Å². The van der Waals surface area contributed by atoms with Crippen LogP contribution in [0.15, 0.2) is 0 Å². The number of hydrogen-bond acceptors (Lipinski definition) is 2. The molecule has 0 spiro atoms. The first kappa shape index (κ1) is 12.3. The molecule has 1 aliphatic rings. The topological polar surface area (TPSA) is 29.5 Å². The number of carbonyl (C=O) groups is 1. The molecule has 3 nitrogen and oxygen atoms in total. The zero-order chi connectivity index (χ0) is 11.5. The lowest BCUT2D eigenvalue weighted by molar-refractivity contribution is 0.0518. The highest BCUT2D eigenvalue weighted by molar-refractivity contribution is 5.67. The van der Waals surface area contributed by atoms with Gasteiger partial charge in [0.2, 0.25) is 0 Å². The highest BCUT2D eigenvalue weighted by atomic mass is 16.6. The third-order valence-electron chi connectivity index (χ3n) is 3.42. The van der Waals surface area contributed by atoms with Gasteiger partial charge in [-0.3, -0.25) is 0 Å². The van der Waals surface area contributed by atoms with Gasteiger partial charge in [0.25, 0.3) is 0 Å². The number of hydrogen-bond donors (Lipinski definition) is 0. The minimum absolute atomic E-state index is 0.0167. The lowest BCUT2D eigenvalue weighted by Gasteiger charge is -2.38. The Morgan fingerprint density at radius 3 is 2.33 bits per heavy atom. The average Bonchev–Trinajstić information content (AvgIpc) is 2.18. The lowest BCUT2D eigenvalue weighted by Crippen LogP contribution is -2.42. The molecular weight excluding hydrogens is 190 g/mol. The number of amides is 1. The molecule has 15 heavy (non-hydrogen) atoms. The van der Waals surface area contributed by atoms with E-state index in [-0.39, 0.29) is 12.2 Å². The SMILES string of the molecule is CCC1(C)CCN(C(=O)OC(C)C)CC1. The number of piperidine rings is 1. The Balaban J connectivity index is 2.40. The van der Waals surface area contributed by atoms with Crippen molar-refractivity contribution in [3.8, 4) is 0 Å². The third kappa shape index (κ3) is 3.40. The third-order valence-corrected chi connectivity index (χ3v) is 3.42. The van der Waals surface area contributed by atoms with Gasteiger partial charge in [0.15, 0.2) is 0 Å². The Bertz CT molecular complexity index is 218. The van der Waals surface area contributed by atoms with Gasteiger partial charge >= 0.3 is 6.09 Å². The highest BCUT2D eigenvalue weighted by Crippen LogP contribution is 2.33. The fraction of sp³-hybridized carbons (Fsp3) is 0.917. The molecule has 0 aromatic heterocycles. The zero-order valence-electron chi connectivity index (χ0n) is 10.4. The van der Waals surface area contributed by atoms with Crippen molar-refractivity contribution in [2.75, 3.05) is 13.1 Å². The van der Waals surface area contributed by atoms with Crippen molar-refractivity contribution in [3.63, 3.8) is 0 Å². The lowest BCUT2D eigenvalue weighted by atomic mass is 9.78. The molecule has 0 saturated carbocycles. The van der Waals surface area contributed by atoms with Crippen LogP contribution in [0.25, 0.3) is 0 Å². The van der Waals surface area contributed by atoms with Crippen LogP contribution in [0, 0.1) is 5.41 Å². The maximum Gasteiger partial charge on any atom is 0.410 e. The Morgan fingerprint density at radius 2 is 1.93 bits per heavy atom. The minimum atomic E-state index is -0.150. The second-order valence-electron chi connectivity index (χ2n) is 5.08. The summed E-state index contributed by atoms with van der Waals surface area (Å²) in [4.78, 5) is 13.4. The number of rotatable bonds is 2. The normalized spacial score (nSPS) is 20.5. The van der Waals surface area contributed by atoms with E-state index in [0.717, 1.165) is 25.9 Å². The minimum Gasteiger partial charge on any atom is -0.447 e. The molecular formula is C12H23NO2. The largest absolute Gasteiger partial charge is 0.447 e. The summed E-state index contributed by atoms with van der Waals surface area (Å²) < 4.78 is 5.18. The van der Waals surface area contributed by atoms with Gasteiger partial charge in [0.1, 0.15) is 0 Å². The molecule has 0 N–H and O–H groups in total. The van der Waals surface area contributed by atoms with Crippen LogP contribution in [0.1, 0.15) is 47.0 Å². The first-order valence-corrected chi connectivity index (χ1v) is 5.92. The van der Waals surface area contributed by atoms with E-state index in [1.54, 1.807) is 0 Å². The van der Waals surface area contributed by atoms with Crippen molar-refractivity contribution in [2.24, 2.45) is 5.41 Å². The van der Waals surface area contributed by atoms with Crippen LogP contribution in [-0.2, 0) is 4.74 Å². The second-order valence-corrected chi connectivity index (χ2v) is 5.08. The van der Waals surface area contributed by atoms with Crippen LogP contribution < -0.4 is 0 Å². The summed E-state index contributed by atoms with van der Waals surface area (Å²) in [6.07, 6.45) is 3.22. The van der Waals surface area contributed by atoms with E-state index in [1.165, 1.54) is 6.42 Å². The first-order chi connectivity index (χ1) is 6.97. The number of ether oxygens (including phenoxy) is 1.